The highest BCUT2D eigenvalue weighted by molar-refractivity contribution is 7.91. The van der Waals surface area contributed by atoms with Crippen molar-refractivity contribution in [2.24, 2.45) is 10.9 Å². The molecule has 190 valence electrons. The topological polar surface area (TPSA) is 99.4 Å². The molecule has 0 atom stereocenters. The molecule has 1 aliphatic heterocycles. The summed E-state index contributed by atoms with van der Waals surface area (Å²) in [4.78, 5) is 18.2. The van der Waals surface area contributed by atoms with E-state index in [0.29, 0.717) is 66.2 Å². The fourth-order valence-electron chi connectivity index (χ4n) is 4.11. The number of methoxy groups -OCH3 is 2. The van der Waals surface area contributed by atoms with Crippen LogP contribution in [0.2, 0.25) is 0 Å². The van der Waals surface area contributed by atoms with Crippen LogP contribution in [0, 0.1) is 5.92 Å². The van der Waals surface area contributed by atoms with Crippen molar-refractivity contribution < 1.29 is 27.4 Å². The first-order valence-electron chi connectivity index (χ1n) is 11.3. The van der Waals surface area contributed by atoms with Gasteiger partial charge in [-0.1, -0.05) is 17.4 Å². The Hall–Kier alpha value is -2.25. The van der Waals surface area contributed by atoms with Crippen molar-refractivity contribution in [2.75, 3.05) is 40.5 Å². The molecule has 0 N–H and O–H groups in total. The van der Waals surface area contributed by atoms with E-state index in [2.05, 4.69) is 4.99 Å². The van der Waals surface area contributed by atoms with E-state index >= 15 is 0 Å². The second kappa shape index (κ2) is 11.2. The Balaban J connectivity index is 1.61. The number of thiazole rings is 1. The van der Waals surface area contributed by atoms with Crippen LogP contribution in [0.4, 0.5) is 0 Å². The number of hydrogen-bond acceptors (Lipinski definition) is 8. The standard InChI is InChI=1S/C23H29N3O6S3/c1-4-32-14-13-26-20-17(30-2)7-8-18(31-3)21(20)34-23(26)24-22(27)16-9-11-25(12-10-16)35(28,29)19-6-5-15-33-19/h5-8,15-16H,4,9-14H2,1-3H3. The largest absolute Gasteiger partial charge is 0.495 e. The van der Waals surface area contributed by atoms with Gasteiger partial charge < -0.3 is 18.8 Å². The maximum atomic E-state index is 13.2. The van der Waals surface area contributed by atoms with Gasteiger partial charge in [-0.05, 0) is 43.3 Å². The van der Waals surface area contributed by atoms with Gasteiger partial charge in [0.15, 0.2) is 4.80 Å². The van der Waals surface area contributed by atoms with Crippen molar-refractivity contribution in [3.8, 4) is 11.5 Å². The number of piperidine rings is 1. The summed E-state index contributed by atoms with van der Waals surface area (Å²) in [7, 11) is -0.307. The lowest BCUT2D eigenvalue weighted by atomic mass is 9.98. The summed E-state index contributed by atoms with van der Waals surface area (Å²) in [5.74, 6) is 0.762. The van der Waals surface area contributed by atoms with Crippen LogP contribution in [0.25, 0.3) is 10.2 Å². The fourth-order valence-corrected chi connectivity index (χ4v) is 7.90. The van der Waals surface area contributed by atoms with E-state index in [1.807, 2.05) is 23.6 Å². The third kappa shape index (κ3) is 5.31. The van der Waals surface area contributed by atoms with Crippen LogP contribution in [0.5, 0.6) is 11.5 Å². The first-order valence-corrected chi connectivity index (χ1v) is 14.5. The number of amides is 1. The van der Waals surface area contributed by atoms with E-state index in [1.54, 1.807) is 31.7 Å². The molecular formula is C23H29N3O6S3. The van der Waals surface area contributed by atoms with Crippen molar-refractivity contribution in [1.82, 2.24) is 8.87 Å². The second-order valence-corrected chi connectivity index (χ2v) is 12.0. The van der Waals surface area contributed by atoms with E-state index in [4.69, 9.17) is 14.2 Å². The van der Waals surface area contributed by atoms with Crippen molar-refractivity contribution in [3.05, 3.63) is 34.4 Å². The lowest BCUT2D eigenvalue weighted by Gasteiger charge is -2.29. The van der Waals surface area contributed by atoms with Gasteiger partial charge >= 0.3 is 0 Å². The Morgan fingerprint density at radius 3 is 2.49 bits per heavy atom. The minimum atomic E-state index is -3.51. The van der Waals surface area contributed by atoms with Gasteiger partial charge in [0.05, 0.1) is 20.8 Å². The van der Waals surface area contributed by atoms with Gasteiger partial charge in [0.1, 0.15) is 25.9 Å². The van der Waals surface area contributed by atoms with Gasteiger partial charge in [-0.25, -0.2) is 8.42 Å². The Labute approximate surface area is 212 Å². The number of fused-ring (bicyclic) bond motifs is 1. The van der Waals surface area contributed by atoms with E-state index in [-0.39, 0.29) is 11.8 Å². The van der Waals surface area contributed by atoms with Gasteiger partial charge in [0, 0.05) is 32.2 Å². The fraction of sp³-hybridized carbons (Fsp3) is 0.478. The summed E-state index contributed by atoms with van der Waals surface area (Å²) >= 11 is 2.57. The van der Waals surface area contributed by atoms with Crippen LogP contribution in [0.1, 0.15) is 19.8 Å². The third-order valence-electron chi connectivity index (χ3n) is 5.95. The van der Waals surface area contributed by atoms with Gasteiger partial charge in [-0.2, -0.15) is 9.30 Å². The normalized spacial score (nSPS) is 16.1. The number of ether oxygens (including phenoxy) is 3. The van der Waals surface area contributed by atoms with Crippen LogP contribution in [-0.4, -0.2) is 63.7 Å². The number of benzene rings is 1. The average molecular weight is 540 g/mol. The molecule has 0 radical (unpaired) electrons. The number of carbonyl (C=O) groups is 1. The van der Waals surface area contributed by atoms with Crippen molar-refractivity contribution >= 4 is 48.8 Å². The molecule has 1 fully saturated rings. The molecule has 3 heterocycles. The van der Waals surface area contributed by atoms with E-state index in [9.17, 15) is 13.2 Å². The molecule has 0 saturated carbocycles. The first kappa shape index (κ1) is 25.8. The predicted molar refractivity (Wildman–Crippen MR) is 136 cm³/mol. The van der Waals surface area contributed by atoms with Crippen molar-refractivity contribution in [1.29, 1.82) is 0 Å². The van der Waals surface area contributed by atoms with Crippen LogP contribution in [0.15, 0.2) is 38.8 Å². The zero-order valence-electron chi connectivity index (χ0n) is 19.9. The minimum Gasteiger partial charge on any atom is -0.495 e. The molecule has 0 spiro atoms. The monoisotopic (exact) mass is 539 g/mol. The molecule has 2 aromatic heterocycles. The zero-order chi connectivity index (χ0) is 25.0. The molecule has 0 aliphatic carbocycles. The summed E-state index contributed by atoms with van der Waals surface area (Å²) in [6.45, 7) is 4.07. The van der Waals surface area contributed by atoms with Crippen molar-refractivity contribution in [2.45, 2.75) is 30.5 Å². The maximum absolute atomic E-state index is 13.2. The van der Waals surface area contributed by atoms with Crippen molar-refractivity contribution in [3.63, 3.8) is 0 Å². The number of nitrogens with zero attached hydrogens (tertiary/aromatic N) is 3. The minimum absolute atomic E-state index is 0.243. The van der Waals surface area contributed by atoms with Gasteiger partial charge in [-0.15, -0.1) is 11.3 Å². The molecule has 4 rings (SSSR count). The quantitative estimate of drug-likeness (QED) is 0.387. The molecule has 9 nitrogen and oxygen atoms in total. The molecule has 1 amide bonds. The number of thiophene rings is 1. The molecule has 1 aliphatic rings. The smallest absolute Gasteiger partial charge is 0.252 e. The molecule has 3 aromatic rings. The summed E-state index contributed by atoms with van der Waals surface area (Å²) < 4.78 is 46.8. The van der Waals surface area contributed by atoms with Crippen LogP contribution in [-0.2, 0) is 26.1 Å². The molecular weight excluding hydrogens is 510 g/mol. The van der Waals surface area contributed by atoms with Gasteiger partial charge in [0.2, 0.25) is 0 Å². The van der Waals surface area contributed by atoms with Gasteiger partial charge in [0.25, 0.3) is 15.9 Å². The molecule has 12 heteroatoms. The molecule has 0 bridgehead atoms. The summed E-state index contributed by atoms with van der Waals surface area (Å²) in [5, 5.41) is 1.75. The van der Waals surface area contributed by atoms with Crippen LogP contribution in [0.3, 0.4) is 0 Å². The summed E-state index contributed by atoms with van der Waals surface area (Å²) in [5.41, 5.74) is 0.806. The van der Waals surface area contributed by atoms with E-state index < -0.39 is 10.0 Å². The number of sulfonamides is 1. The highest BCUT2D eigenvalue weighted by Crippen LogP contribution is 2.35. The van der Waals surface area contributed by atoms with E-state index in [1.165, 1.54) is 27.0 Å². The third-order valence-corrected chi connectivity index (χ3v) is 10.3. The van der Waals surface area contributed by atoms with Crippen LogP contribution >= 0.6 is 22.7 Å². The van der Waals surface area contributed by atoms with Gasteiger partial charge in [-0.3, -0.25) is 4.79 Å². The van der Waals surface area contributed by atoms with E-state index in [0.717, 1.165) is 10.2 Å². The number of rotatable bonds is 9. The van der Waals surface area contributed by atoms with Crippen LogP contribution < -0.4 is 14.3 Å². The SMILES string of the molecule is CCOCCn1c(=NC(=O)C2CCN(S(=O)(=O)c3cccs3)CC2)sc2c(OC)ccc(OC)c21. The second-order valence-electron chi connectivity index (χ2n) is 7.94. The zero-order valence-corrected chi connectivity index (χ0v) is 22.4. The summed E-state index contributed by atoms with van der Waals surface area (Å²) in [6.07, 6.45) is 0.868. The molecule has 1 saturated heterocycles. The number of hydrogen-bond donors (Lipinski definition) is 0. The Morgan fingerprint density at radius 2 is 1.86 bits per heavy atom. The predicted octanol–water partition coefficient (Wildman–Crippen LogP) is 3.35. The Morgan fingerprint density at radius 1 is 1.14 bits per heavy atom. The lowest BCUT2D eigenvalue weighted by molar-refractivity contribution is -0.122. The Kier molecular flexibility index (Phi) is 8.27. The Bertz CT molecular complexity index is 1340. The maximum Gasteiger partial charge on any atom is 0.252 e. The molecule has 1 aromatic carbocycles. The first-order chi connectivity index (χ1) is 16.9. The number of carbonyl (C=O) groups excluding carboxylic acids is 1. The summed E-state index contributed by atoms with van der Waals surface area (Å²) in [6, 6.07) is 7.00. The number of aromatic nitrogens is 1. The molecule has 0 unspecified atom stereocenters. The average Bonchev–Trinajstić information content (AvgIpc) is 3.53. The highest BCUT2D eigenvalue weighted by atomic mass is 32.2. The highest BCUT2D eigenvalue weighted by Gasteiger charge is 2.32. The lowest BCUT2D eigenvalue weighted by Crippen LogP contribution is -2.40. The molecule has 35 heavy (non-hydrogen) atoms.